The molecule has 0 atom stereocenters. The summed E-state index contributed by atoms with van der Waals surface area (Å²) in [5, 5.41) is 0. The molecule has 0 aliphatic carbocycles. The van der Waals surface area contributed by atoms with Crippen molar-refractivity contribution in [3.8, 4) is 0 Å². The normalized spacial score (nSPS) is 12.6. The third kappa shape index (κ3) is 3560. The van der Waals surface area contributed by atoms with Gasteiger partial charge in [0, 0.05) is 0 Å². The van der Waals surface area contributed by atoms with Crippen LogP contribution < -0.4 is 0 Å². The van der Waals surface area contributed by atoms with Gasteiger partial charge >= 0.3 is 35.5 Å². The van der Waals surface area contributed by atoms with Crippen molar-refractivity contribution in [3.63, 3.8) is 0 Å². The van der Waals surface area contributed by atoms with Gasteiger partial charge in [0.15, 0.2) is 0 Å². The molecule has 0 aromatic carbocycles. The fourth-order valence-electron chi connectivity index (χ4n) is 0. The fourth-order valence-corrected chi connectivity index (χ4v) is 0. The Hall–Kier alpha value is -0.748. The monoisotopic (exact) mass is 430 g/mol. The van der Waals surface area contributed by atoms with E-state index in [9.17, 15) is 19.3 Å². The van der Waals surface area contributed by atoms with E-state index in [1.54, 1.807) is 0 Å². The molecule has 0 amide bonds. The van der Waals surface area contributed by atoms with Crippen LogP contribution in [0.3, 0.4) is 0 Å². The third-order valence-corrected chi connectivity index (χ3v) is 0. The van der Waals surface area contributed by atoms with E-state index in [0.717, 1.165) is 0 Å². The molecular formula is C6H9F6O3Re-3. The van der Waals surface area contributed by atoms with Gasteiger partial charge in [0.05, 0.1) is 0 Å². The Bertz CT molecular complexity index is 169. The number of hydrogen-bond donors (Lipinski definition) is 0. The van der Waals surface area contributed by atoms with Crippen molar-refractivity contribution in [1.29, 1.82) is 0 Å². The first-order valence-electron chi connectivity index (χ1n) is 2.97. The Morgan fingerprint density at radius 3 is 0.625 bits per heavy atom. The molecule has 0 saturated carbocycles. The molecule has 10 heteroatoms. The van der Waals surface area contributed by atoms with Gasteiger partial charge in [0.2, 0.25) is 0 Å². The molecule has 0 aromatic rings. The SMILES string of the molecule is C[C-]=O.C[C-]=O.C[C-]=O.[F][Re]([F])([F])([F])([F])[F]. The molecule has 0 N–H and O–H groups in total. The van der Waals surface area contributed by atoms with E-state index in [1.807, 2.05) is 0 Å². The second-order valence-corrected chi connectivity index (χ2v) is 7.24. The van der Waals surface area contributed by atoms with Gasteiger partial charge in [0.25, 0.3) is 0 Å². The van der Waals surface area contributed by atoms with Crippen molar-refractivity contribution in [3.05, 3.63) is 0 Å². The van der Waals surface area contributed by atoms with E-state index in [1.165, 1.54) is 39.6 Å². The first-order valence-corrected chi connectivity index (χ1v) is 9.13. The summed E-state index contributed by atoms with van der Waals surface area (Å²) in [7, 11) is 0. The van der Waals surface area contributed by atoms with Gasteiger partial charge in [-0.25, -0.2) is 0 Å². The average molecular weight is 429 g/mol. The van der Waals surface area contributed by atoms with Gasteiger partial charge in [-0.3, -0.25) is 18.9 Å². The predicted octanol–water partition coefficient (Wildman–Crippen LogP) is 2.87. The van der Waals surface area contributed by atoms with E-state index >= 15 is 0 Å². The van der Waals surface area contributed by atoms with Crippen LogP contribution in [0.2, 0.25) is 0 Å². The van der Waals surface area contributed by atoms with Crippen molar-refractivity contribution < 1.29 is 49.9 Å². The van der Waals surface area contributed by atoms with E-state index in [2.05, 4.69) is 0 Å². The van der Waals surface area contributed by atoms with Gasteiger partial charge in [-0.05, 0) is 0 Å². The van der Waals surface area contributed by atoms with Crippen LogP contribution in [0.25, 0.3) is 0 Å². The van der Waals surface area contributed by atoms with Crippen LogP contribution in [0, 0.1) is 0 Å². The summed E-state index contributed by atoms with van der Waals surface area (Å²) in [6, 6.07) is 0. The summed E-state index contributed by atoms with van der Waals surface area (Å²) >= 11 is -11.3. The molecule has 0 aliphatic heterocycles. The fraction of sp³-hybridized carbons (Fsp3) is 0.500. The van der Waals surface area contributed by atoms with Crippen LogP contribution >= 0.6 is 0 Å². The summed E-state index contributed by atoms with van der Waals surface area (Å²) < 4.78 is 59.6. The van der Waals surface area contributed by atoms with Gasteiger partial charge in [0.1, 0.15) is 0 Å². The van der Waals surface area contributed by atoms with Gasteiger partial charge in [-0.1, -0.05) is 0 Å². The second kappa shape index (κ2) is 8.41. The van der Waals surface area contributed by atoms with Crippen molar-refractivity contribution in [2.45, 2.75) is 20.8 Å². The molecule has 0 unspecified atom stereocenters. The van der Waals surface area contributed by atoms with E-state index in [-0.39, 0.29) is 0 Å². The maximum absolute atomic E-state index is 11.3. The summed E-state index contributed by atoms with van der Waals surface area (Å²) in [5.74, 6) is 0. The predicted molar refractivity (Wildman–Crippen MR) is 40.8 cm³/mol. The van der Waals surface area contributed by atoms with E-state index in [0.29, 0.717) is 0 Å². The van der Waals surface area contributed by atoms with Crippen LogP contribution in [-0.4, -0.2) is 18.9 Å². The number of hydrogen-bond acceptors (Lipinski definition) is 3. The number of rotatable bonds is 0. The van der Waals surface area contributed by atoms with Crippen LogP contribution in [-0.2, 0) is 30.6 Å². The van der Waals surface area contributed by atoms with Crippen LogP contribution in [0.15, 0.2) is 0 Å². The molecule has 0 heterocycles. The minimum atomic E-state index is -11.3. The van der Waals surface area contributed by atoms with Crippen LogP contribution in [0.1, 0.15) is 20.8 Å². The third-order valence-electron chi connectivity index (χ3n) is 0. The Morgan fingerprint density at radius 2 is 0.625 bits per heavy atom. The van der Waals surface area contributed by atoms with E-state index < -0.39 is 16.2 Å². The van der Waals surface area contributed by atoms with Gasteiger partial charge in [-0.15, -0.1) is 0 Å². The summed E-state index contributed by atoms with van der Waals surface area (Å²) in [4.78, 5) is 26.0. The quantitative estimate of drug-likeness (QED) is 0.440. The first kappa shape index (κ1) is 24.5. The minimum absolute atomic E-state index is 1.32. The Balaban J connectivity index is -0.0000000677. The Kier molecular flexibility index (Phi) is 12.9. The molecule has 0 rings (SSSR count). The average Bonchev–Trinajstić information content (AvgIpc) is 1.82. The second-order valence-electron chi connectivity index (χ2n) is 1.42. The van der Waals surface area contributed by atoms with Crippen molar-refractivity contribution in [1.82, 2.24) is 0 Å². The zero-order chi connectivity index (χ0) is 14.5. The standard InChI is InChI=1S/3C2H3O.6FH.Re/c3*1-2-3;;;;;;;/h3*1H3;6*1H;/q3*-1;;;;;;;+6/p-6. The molecular weight excluding hydrogens is 420 g/mol. The molecule has 0 radical (unpaired) electrons. The van der Waals surface area contributed by atoms with Crippen molar-refractivity contribution >= 4 is 18.9 Å². The van der Waals surface area contributed by atoms with Crippen molar-refractivity contribution in [2.24, 2.45) is 0 Å². The summed E-state index contributed by atoms with van der Waals surface area (Å²) in [5.41, 5.74) is 0. The molecule has 0 aliphatic rings. The summed E-state index contributed by atoms with van der Waals surface area (Å²) in [6.45, 7) is 3.96. The van der Waals surface area contributed by atoms with Crippen LogP contribution in [0.5, 0.6) is 0 Å². The number of carbonyl (C=O) groups excluding carboxylic acids is 3. The Labute approximate surface area is 90.1 Å². The Morgan fingerprint density at radius 1 is 0.625 bits per heavy atom. The maximum atomic E-state index is 9.93. The van der Waals surface area contributed by atoms with Gasteiger partial charge in [-0.2, -0.15) is 20.8 Å². The molecule has 0 bridgehead atoms. The molecule has 0 fully saturated rings. The summed E-state index contributed by atoms with van der Waals surface area (Å²) in [6.07, 6.45) is 4.50. The molecule has 16 heavy (non-hydrogen) atoms. The number of halogens is 6. The van der Waals surface area contributed by atoms with Gasteiger partial charge < -0.3 is 14.4 Å². The molecule has 0 spiro atoms. The zero-order valence-electron chi connectivity index (χ0n) is 8.37. The molecule has 0 saturated heterocycles. The topological polar surface area (TPSA) is 51.2 Å². The van der Waals surface area contributed by atoms with Crippen molar-refractivity contribution in [2.75, 3.05) is 0 Å². The zero-order valence-corrected chi connectivity index (χ0v) is 11.1. The van der Waals surface area contributed by atoms with E-state index in [4.69, 9.17) is 14.4 Å². The molecule has 3 nitrogen and oxygen atoms in total. The molecule has 103 valence electrons. The first-order chi connectivity index (χ1) is 6.69. The van der Waals surface area contributed by atoms with Crippen LogP contribution in [0.4, 0.5) is 19.3 Å². The molecule has 0 aromatic heterocycles.